The number of unbranched alkanes of at least 4 members (excludes halogenated alkanes) is 7. The minimum atomic E-state index is -2.39. The number of ether oxygens (including phenoxy) is 2. The van der Waals surface area contributed by atoms with Gasteiger partial charge in [-0.2, -0.15) is 0 Å². The van der Waals surface area contributed by atoms with Crippen molar-refractivity contribution in [3.05, 3.63) is 71.3 Å². The molecule has 0 spiro atoms. The van der Waals surface area contributed by atoms with Crippen LogP contribution in [0.1, 0.15) is 70.6 Å². The predicted octanol–water partition coefficient (Wildman–Crippen LogP) is 11.0. The summed E-state index contributed by atoms with van der Waals surface area (Å²) in [6, 6.07) is 14.0. The Kier molecular flexibility index (Phi) is 9.53. The zero-order chi connectivity index (χ0) is 28.8. The van der Waals surface area contributed by atoms with Crippen LogP contribution >= 0.6 is 11.6 Å². The van der Waals surface area contributed by atoms with Gasteiger partial charge < -0.3 is 9.47 Å². The van der Waals surface area contributed by atoms with Gasteiger partial charge in [0.25, 0.3) is 0 Å². The van der Waals surface area contributed by atoms with Gasteiger partial charge >= 0.3 is 0 Å². The van der Waals surface area contributed by atoms with Crippen molar-refractivity contribution in [1.82, 2.24) is 4.98 Å². The van der Waals surface area contributed by atoms with E-state index < -0.39 is 17.6 Å². The molecule has 1 fully saturated rings. The Hall–Kier alpha value is -3.06. The fraction of sp³-hybridized carbons (Fsp3) is 0.424. The van der Waals surface area contributed by atoms with Crippen LogP contribution in [0.15, 0.2) is 54.6 Å². The monoisotopic (exact) mass is 587 g/mol. The van der Waals surface area contributed by atoms with Gasteiger partial charge in [-0.05, 0) is 54.8 Å². The summed E-state index contributed by atoms with van der Waals surface area (Å²) in [6.07, 6.45) is 9.98. The van der Waals surface area contributed by atoms with Gasteiger partial charge in [0, 0.05) is 35.7 Å². The lowest BCUT2D eigenvalue weighted by Crippen LogP contribution is -2.35. The molecule has 41 heavy (non-hydrogen) atoms. The van der Waals surface area contributed by atoms with Crippen molar-refractivity contribution < 1.29 is 27.0 Å². The lowest BCUT2D eigenvalue weighted by atomic mass is 9.78. The van der Waals surface area contributed by atoms with Crippen LogP contribution in [0.2, 0.25) is 5.02 Å². The molecule has 0 unspecified atom stereocenters. The Labute approximate surface area is 242 Å². The highest BCUT2D eigenvalue weighted by Gasteiger charge is 2.44. The van der Waals surface area contributed by atoms with E-state index in [1.807, 2.05) is 24.3 Å². The molecule has 3 nitrogen and oxygen atoms in total. The Morgan fingerprint density at radius 1 is 0.780 bits per heavy atom. The number of benzene rings is 3. The summed E-state index contributed by atoms with van der Waals surface area (Å²) < 4.78 is 64.8. The van der Waals surface area contributed by atoms with Gasteiger partial charge in [-0.25, -0.2) is 22.5 Å². The van der Waals surface area contributed by atoms with Crippen molar-refractivity contribution in [2.24, 2.45) is 5.92 Å². The van der Waals surface area contributed by atoms with Crippen LogP contribution in [0.4, 0.5) is 17.6 Å². The standard InChI is InChI=1S/C33H34ClF4NO2/c34-31-29(40-16-8-6-4-2-1-3-5-7-9-22-20-33(37,38)21-22)15-11-24-17-23-10-13-26(19-28(23)39-32(24)31)41-30-18-25(35)12-14-27(30)36/h10-15,17-19,22H,1-9,16,20-21H2. The lowest BCUT2D eigenvalue weighted by molar-refractivity contribution is -0.112. The van der Waals surface area contributed by atoms with Gasteiger partial charge in [0.2, 0.25) is 5.92 Å². The average Bonchev–Trinajstić information content (AvgIpc) is 2.93. The molecule has 0 atom stereocenters. The first-order valence-electron chi connectivity index (χ1n) is 14.4. The van der Waals surface area contributed by atoms with Crippen molar-refractivity contribution in [3.63, 3.8) is 0 Å². The molecule has 0 amide bonds. The minimum Gasteiger partial charge on any atom is -0.492 e. The molecule has 0 N–H and O–H groups in total. The van der Waals surface area contributed by atoms with Crippen LogP contribution in [0.3, 0.4) is 0 Å². The molecule has 4 aromatic rings. The normalized spacial score (nSPS) is 14.9. The molecule has 5 rings (SSSR count). The number of hydrogen-bond acceptors (Lipinski definition) is 3. The molecule has 1 aliphatic rings. The Bertz CT molecular complexity index is 1490. The Morgan fingerprint density at radius 2 is 1.49 bits per heavy atom. The van der Waals surface area contributed by atoms with Gasteiger partial charge in [0.1, 0.15) is 22.3 Å². The molecule has 0 aliphatic heterocycles. The molecular weight excluding hydrogens is 554 g/mol. The number of nitrogens with zero attached hydrogens (tertiary/aromatic N) is 1. The first kappa shape index (κ1) is 29.4. The van der Waals surface area contributed by atoms with Gasteiger partial charge in [0.15, 0.2) is 11.6 Å². The third kappa shape index (κ3) is 7.82. The Balaban J connectivity index is 1.07. The maximum Gasteiger partial charge on any atom is 0.248 e. The van der Waals surface area contributed by atoms with Crippen LogP contribution in [0, 0.1) is 17.6 Å². The van der Waals surface area contributed by atoms with E-state index in [0.717, 1.165) is 67.5 Å². The van der Waals surface area contributed by atoms with Crippen LogP contribution in [-0.2, 0) is 0 Å². The zero-order valence-corrected chi connectivity index (χ0v) is 23.7. The van der Waals surface area contributed by atoms with Crippen molar-refractivity contribution in [2.45, 2.75) is 76.6 Å². The topological polar surface area (TPSA) is 31.4 Å². The second-order valence-electron chi connectivity index (χ2n) is 11.1. The van der Waals surface area contributed by atoms with E-state index in [0.29, 0.717) is 34.2 Å². The molecule has 8 heteroatoms. The summed E-state index contributed by atoms with van der Waals surface area (Å²) >= 11 is 6.67. The van der Waals surface area contributed by atoms with E-state index in [2.05, 4.69) is 0 Å². The molecular formula is C33H34ClF4NO2. The van der Waals surface area contributed by atoms with E-state index >= 15 is 0 Å². The number of halogens is 5. The van der Waals surface area contributed by atoms with Crippen molar-refractivity contribution in [3.8, 4) is 17.2 Å². The molecule has 1 aromatic heterocycles. The number of fused-ring (bicyclic) bond motifs is 2. The molecule has 1 saturated carbocycles. The van der Waals surface area contributed by atoms with E-state index in [9.17, 15) is 17.6 Å². The Morgan fingerprint density at radius 3 is 2.24 bits per heavy atom. The van der Waals surface area contributed by atoms with Gasteiger partial charge in [-0.15, -0.1) is 0 Å². The highest BCUT2D eigenvalue weighted by Crippen LogP contribution is 2.44. The smallest absolute Gasteiger partial charge is 0.248 e. The van der Waals surface area contributed by atoms with E-state index in [1.54, 1.807) is 12.1 Å². The first-order valence-corrected chi connectivity index (χ1v) is 14.8. The summed E-state index contributed by atoms with van der Waals surface area (Å²) in [7, 11) is 0. The maximum atomic E-state index is 14.0. The quantitative estimate of drug-likeness (QED) is 0.0835. The highest BCUT2D eigenvalue weighted by atomic mass is 35.5. The van der Waals surface area contributed by atoms with Crippen LogP contribution < -0.4 is 9.47 Å². The SMILES string of the molecule is Fc1ccc(F)c(Oc2ccc3cc4ccc(OCCCCCCCCCCC5CC(F)(F)C5)c(Cl)c4nc3c2)c1. The average molecular weight is 588 g/mol. The third-order valence-electron chi connectivity index (χ3n) is 7.72. The molecule has 218 valence electrons. The van der Waals surface area contributed by atoms with Crippen LogP contribution in [0.25, 0.3) is 21.8 Å². The van der Waals surface area contributed by atoms with E-state index in [4.69, 9.17) is 26.1 Å². The molecule has 1 aliphatic carbocycles. The van der Waals surface area contributed by atoms with E-state index in [-0.39, 0.29) is 24.5 Å². The number of alkyl halides is 2. The number of rotatable bonds is 14. The number of pyridine rings is 1. The first-order chi connectivity index (χ1) is 19.8. The molecule has 3 aromatic carbocycles. The van der Waals surface area contributed by atoms with Gasteiger partial charge in [-0.1, -0.05) is 63.0 Å². The van der Waals surface area contributed by atoms with Crippen molar-refractivity contribution in [1.29, 1.82) is 0 Å². The molecule has 0 saturated heterocycles. The number of aromatic nitrogens is 1. The number of hydrogen-bond donors (Lipinski definition) is 0. The predicted molar refractivity (Wildman–Crippen MR) is 155 cm³/mol. The second kappa shape index (κ2) is 13.3. The third-order valence-corrected chi connectivity index (χ3v) is 8.08. The van der Waals surface area contributed by atoms with E-state index in [1.165, 1.54) is 19.3 Å². The minimum absolute atomic E-state index is 0.0890. The zero-order valence-electron chi connectivity index (χ0n) is 22.9. The van der Waals surface area contributed by atoms with Crippen LogP contribution in [-0.4, -0.2) is 17.5 Å². The van der Waals surface area contributed by atoms with Crippen molar-refractivity contribution >= 4 is 33.4 Å². The highest BCUT2D eigenvalue weighted by molar-refractivity contribution is 6.36. The van der Waals surface area contributed by atoms with Gasteiger partial charge in [0.05, 0.1) is 17.6 Å². The summed E-state index contributed by atoms with van der Waals surface area (Å²) in [5.41, 5.74) is 1.20. The van der Waals surface area contributed by atoms with Gasteiger partial charge in [-0.3, -0.25) is 0 Å². The summed E-state index contributed by atoms with van der Waals surface area (Å²) in [5.74, 6) is -2.69. The lowest BCUT2D eigenvalue weighted by Gasteiger charge is -2.34. The fourth-order valence-electron chi connectivity index (χ4n) is 5.45. The van der Waals surface area contributed by atoms with Crippen LogP contribution in [0.5, 0.6) is 17.2 Å². The molecule has 0 radical (unpaired) electrons. The largest absolute Gasteiger partial charge is 0.492 e. The summed E-state index contributed by atoms with van der Waals surface area (Å²) in [6.45, 7) is 0.558. The molecule has 1 heterocycles. The fourth-order valence-corrected chi connectivity index (χ4v) is 5.71. The maximum absolute atomic E-state index is 14.0. The summed E-state index contributed by atoms with van der Waals surface area (Å²) in [4.78, 5) is 4.71. The summed E-state index contributed by atoms with van der Waals surface area (Å²) in [5, 5.41) is 2.15. The second-order valence-corrected chi connectivity index (χ2v) is 11.4. The van der Waals surface area contributed by atoms with Crippen molar-refractivity contribution in [2.75, 3.05) is 6.61 Å². The molecule has 0 bridgehead atoms.